The van der Waals surface area contributed by atoms with E-state index in [-0.39, 0.29) is 12.5 Å². The number of hydrogen-bond donors (Lipinski definition) is 2. The Kier molecular flexibility index (Phi) is 6.92. The molecular formula is C14H21NO4. The zero-order valence-corrected chi connectivity index (χ0v) is 11.4. The number of carbonyl (C=O) groups excluding carboxylic acids is 1. The lowest BCUT2D eigenvalue weighted by atomic mass is 10.1. The Bertz CT molecular complexity index is 395. The molecule has 0 heterocycles. The predicted molar refractivity (Wildman–Crippen MR) is 72.2 cm³/mol. The molecule has 1 aromatic rings. The lowest BCUT2D eigenvalue weighted by Crippen LogP contribution is -2.29. The van der Waals surface area contributed by atoms with Crippen LogP contribution < -0.4 is 10.1 Å². The van der Waals surface area contributed by atoms with E-state index in [4.69, 9.17) is 9.47 Å². The van der Waals surface area contributed by atoms with E-state index in [1.54, 1.807) is 7.11 Å². The maximum atomic E-state index is 11.7. The van der Waals surface area contributed by atoms with Gasteiger partial charge in [-0.05, 0) is 24.1 Å². The van der Waals surface area contributed by atoms with Crippen LogP contribution in [0.2, 0.25) is 0 Å². The summed E-state index contributed by atoms with van der Waals surface area (Å²) in [5.74, 6) is 0.665. The Morgan fingerprint density at radius 3 is 2.89 bits per heavy atom. The van der Waals surface area contributed by atoms with Crippen molar-refractivity contribution >= 4 is 5.91 Å². The molecule has 1 unspecified atom stereocenters. The van der Waals surface area contributed by atoms with E-state index >= 15 is 0 Å². The van der Waals surface area contributed by atoms with Crippen molar-refractivity contribution in [2.45, 2.75) is 18.9 Å². The van der Waals surface area contributed by atoms with Gasteiger partial charge in [-0.3, -0.25) is 4.79 Å². The molecule has 0 aliphatic heterocycles. The van der Waals surface area contributed by atoms with Crippen LogP contribution in [0.5, 0.6) is 5.75 Å². The average Bonchev–Trinajstić information content (AvgIpc) is 2.39. The molecule has 1 aromatic carbocycles. The minimum absolute atomic E-state index is 0.0714. The first kappa shape index (κ1) is 15.5. The summed E-state index contributed by atoms with van der Waals surface area (Å²) in [6.07, 6.45) is 0.247. The molecule has 0 aliphatic carbocycles. The summed E-state index contributed by atoms with van der Waals surface area (Å²) in [7, 11) is 3.13. The number of aliphatic hydroxyl groups is 1. The summed E-state index contributed by atoms with van der Waals surface area (Å²) < 4.78 is 9.90. The first-order valence-corrected chi connectivity index (χ1v) is 6.22. The Morgan fingerprint density at radius 1 is 1.42 bits per heavy atom. The minimum atomic E-state index is -0.540. The molecule has 1 rings (SSSR count). The topological polar surface area (TPSA) is 67.8 Å². The van der Waals surface area contributed by atoms with Gasteiger partial charge in [0.2, 0.25) is 5.91 Å². The third-order valence-corrected chi connectivity index (χ3v) is 2.66. The number of nitrogens with one attached hydrogen (secondary N) is 1. The van der Waals surface area contributed by atoms with Gasteiger partial charge < -0.3 is 19.9 Å². The number of rotatable bonds is 8. The van der Waals surface area contributed by atoms with Crippen molar-refractivity contribution in [1.29, 1.82) is 0 Å². The molecule has 2 N–H and O–H groups in total. The number of carbonyl (C=O) groups is 1. The van der Waals surface area contributed by atoms with Gasteiger partial charge in [0.25, 0.3) is 0 Å². The molecule has 0 spiro atoms. The number of amides is 1. The normalized spacial score (nSPS) is 11.9. The first-order chi connectivity index (χ1) is 9.15. The molecule has 5 nitrogen and oxygen atoms in total. The molecule has 0 aromatic heterocycles. The molecule has 0 fully saturated rings. The second-order valence-electron chi connectivity index (χ2n) is 4.28. The van der Waals surface area contributed by atoms with Crippen LogP contribution in [-0.2, 0) is 16.0 Å². The Balaban J connectivity index is 2.30. The Hall–Kier alpha value is -1.59. The van der Waals surface area contributed by atoms with Gasteiger partial charge in [-0.25, -0.2) is 0 Å². The summed E-state index contributed by atoms with van der Waals surface area (Å²) in [5.41, 5.74) is 0.897. The van der Waals surface area contributed by atoms with E-state index in [0.717, 1.165) is 11.3 Å². The van der Waals surface area contributed by atoms with Crippen LogP contribution in [0, 0.1) is 0 Å². The molecule has 0 saturated heterocycles. The SMILES string of the molecule is COCC(O)CCNC(=O)Cc1cccc(OC)c1. The van der Waals surface area contributed by atoms with Crippen molar-refractivity contribution in [2.24, 2.45) is 0 Å². The lowest BCUT2D eigenvalue weighted by molar-refractivity contribution is -0.120. The molecule has 19 heavy (non-hydrogen) atoms. The fourth-order valence-corrected chi connectivity index (χ4v) is 1.68. The molecule has 0 bridgehead atoms. The third-order valence-electron chi connectivity index (χ3n) is 2.66. The standard InChI is InChI=1S/C14H21NO4/c1-18-10-12(16)6-7-15-14(17)9-11-4-3-5-13(8-11)19-2/h3-5,8,12,16H,6-7,9-10H2,1-2H3,(H,15,17). The quantitative estimate of drug-likeness (QED) is 0.729. The first-order valence-electron chi connectivity index (χ1n) is 6.22. The zero-order chi connectivity index (χ0) is 14.1. The highest BCUT2D eigenvalue weighted by Crippen LogP contribution is 2.12. The van der Waals surface area contributed by atoms with Crippen molar-refractivity contribution in [3.63, 3.8) is 0 Å². The van der Waals surface area contributed by atoms with Gasteiger partial charge in [0.15, 0.2) is 0 Å². The van der Waals surface area contributed by atoms with E-state index in [2.05, 4.69) is 5.32 Å². The van der Waals surface area contributed by atoms with E-state index in [1.165, 1.54) is 7.11 Å². The molecule has 1 amide bonds. The van der Waals surface area contributed by atoms with E-state index in [1.807, 2.05) is 24.3 Å². The van der Waals surface area contributed by atoms with Crippen molar-refractivity contribution in [3.8, 4) is 5.75 Å². The number of ether oxygens (including phenoxy) is 2. The average molecular weight is 267 g/mol. The molecular weight excluding hydrogens is 246 g/mol. The number of methoxy groups -OCH3 is 2. The summed E-state index contributed by atoms with van der Waals surface area (Å²) in [5, 5.41) is 12.2. The number of hydrogen-bond acceptors (Lipinski definition) is 4. The third kappa shape index (κ3) is 6.22. The van der Waals surface area contributed by atoms with Crippen LogP contribution in [0.15, 0.2) is 24.3 Å². The van der Waals surface area contributed by atoms with Gasteiger partial charge in [-0.1, -0.05) is 12.1 Å². The monoisotopic (exact) mass is 267 g/mol. The summed E-state index contributed by atoms with van der Waals surface area (Å²) in [6.45, 7) is 0.721. The van der Waals surface area contributed by atoms with Crippen LogP contribution in [0.4, 0.5) is 0 Å². The summed E-state index contributed by atoms with van der Waals surface area (Å²) in [4.78, 5) is 11.7. The van der Waals surface area contributed by atoms with E-state index in [0.29, 0.717) is 19.4 Å². The second kappa shape index (κ2) is 8.50. The van der Waals surface area contributed by atoms with Crippen LogP contribution in [0.3, 0.4) is 0 Å². The molecule has 0 radical (unpaired) electrons. The Morgan fingerprint density at radius 2 is 2.21 bits per heavy atom. The molecule has 0 saturated carbocycles. The van der Waals surface area contributed by atoms with Crippen LogP contribution in [-0.4, -0.2) is 44.5 Å². The maximum absolute atomic E-state index is 11.7. The van der Waals surface area contributed by atoms with Crippen molar-refractivity contribution in [1.82, 2.24) is 5.32 Å². The minimum Gasteiger partial charge on any atom is -0.497 e. The van der Waals surface area contributed by atoms with Crippen LogP contribution in [0.1, 0.15) is 12.0 Å². The van der Waals surface area contributed by atoms with Gasteiger partial charge in [0.05, 0.1) is 26.2 Å². The smallest absolute Gasteiger partial charge is 0.224 e. The van der Waals surface area contributed by atoms with Gasteiger partial charge in [0, 0.05) is 13.7 Å². The largest absolute Gasteiger partial charge is 0.497 e. The molecule has 5 heteroatoms. The van der Waals surface area contributed by atoms with Crippen molar-refractivity contribution in [2.75, 3.05) is 27.4 Å². The van der Waals surface area contributed by atoms with Crippen molar-refractivity contribution in [3.05, 3.63) is 29.8 Å². The fourth-order valence-electron chi connectivity index (χ4n) is 1.68. The van der Waals surface area contributed by atoms with Crippen molar-refractivity contribution < 1.29 is 19.4 Å². The summed E-state index contributed by atoms with van der Waals surface area (Å²) >= 11 is 0. The van der Waals surface area contributed by atoms with Gasteiger partial charge >= 0.3 is 0 Å². The maximum Gasteiger partial charge on any atom is 0.224 e. The second-order valence-corrected chi connectivity index (χ2v) is 4.28. The number of aliphatic hydroxyl groups excluding tert-OH is 1. The van der Waals surface area contributed by atoms with E-state index < -0.39 is 6.10 Å². The molecule has 106 valence electrons. The predicted octanol–water partition coefficient (Wildman–Crippen LogP) is 0.751. The van der Waals surface area contributed by atoms with Crippen LogP contribution >= 0.6 is 0 Å². The van der Waals surface area contributed by atoms with E-state index in [9.17, 15) is 9.90 Å². The Labute approximate surface area is 113 Å². The molecule has 0 aliphatic rings. The zero-order valence-electron chi connectivity index (χ0n) is 11.4. The highest BCUT2D eigenvalue weighted by atomic mass is 16.5. The lowest BCUT2D eigenvalue weighted by Gasteiger charge is -2.10. The highest BCUT2D eigenvalue weighted by Gasteiger charge is 2.06. The van der Waals surface area contributed by atoms with Gasteiger partial charge in [0.1, 0.15) is 5.75 Å². The number of benzene rings is 1. The van der Waals surface area contributed by atoms with Gasteiger partial charge in [-0.15, -0.1) is 0 Å². The van der Waals surface area contributed by atoms with Gasteiger partial charge in [-0.2, -0.15) is 0 Å². The highest BCUT2D eigenvalue weighted by molar-refractivity contribution is 5.78. The summed E-state index contributed by atoms with van der Waals surface area (Å²) in [6, 6.07) is 7.40. The molecule has 1 atom stereocenters. The fraction of sp³-hybridized carbons (Fsp3) is 0.500. The van der Waals surface area contributed by atoms with Crippen LogP contribution in [0.25, 0.3) is 0 Å².